The number of anilines is 1. The molecule has 0 unspecified atom stereocenters. The lowest BCUT2D eigenvalue weighted by molar-refractivity contribution is 0.339. The van der Waals surface area contributed by atoms with Gasteiger partial charge in [-0.3, -0.25) is 0 Å². The van der Waals surface area contributed by atoms with Crippen LogP contribution in [0.2, 0.25) is 5.02 Å². The molecule has 2 aromatic rings. The highest BCUT2D eigenvalue weighted by molar-refractivity contribution is 7.80. The Morgan fingerprint density at radius 3 is 2.32 bits per heavy atom. The van der Waals surface area contributed by atoms with Crippen LogP contribution in [0.4, 0.5) is 5.69 Å². The zero-order chi connectivity index (χ0) is 17.7. The van der Waals surface area contributed by atoms with E-state index in [1.165, 1.54) is 18.4 Å². The molecular formula is C20H23ClN2OS. The fraction of sp³-hybridized carbons (Fsp3) is 0.350. The summed E-state index contributed by atoms with van der Waals surface area (Å²) in [7, 11) is 0. The lowest BCUT2D eigenvalue weighted by Crippen LogP contribution is -2.45. The van der Waals surface area contributed by atoms with Crippen molar-refractivity contribution in [1.29, 1.82) is 0 Å². The predicted molar refractivity (Wildman–Crippen MR) is 109 cm³/mol. The van der Waals surface area contributed by atoms with Crippen molar-refractivity contribution in [3.05, 3.63) is 59.1 Å². The second-order valence-corrected chi connectivity index (χ2v) is 7.18. The molecule has 1 fully saturated rings. The molecule has 1 saturated carbocycles. The first-order valence-corrected chi connectivity index (χ1v) is 9.48. The molecule has 0 aromatic heterocycles. The van der Waals surface area contributed by atoms with E-state index in [0.29, 0.717) is 16.7 Å². The van der Waals surface area contributed by atoms with E-state index >= 15 is 0 Å². The Balaban J connectivity index is 1.73. The van der Waals surface area contributed by atoms with E-state index in [2.05, 4.69) is 22.8 Å². The molecule has 1 aliphatic carbocycles. The van der Waals surface area contributed by atoms with Gasteiger partial charge in [0.25, 0.3) is 0 Å². The topological polar surface area (TPSA) is 33.3 Å². The second-order valence-electron chi connectivity index (χ2n) is 6.33. The summed E-state index contributed by atoms with van der Waals surface area (Å²) in [5.74, 6) is 0.904. The van der Waals surface area contributed by atoms with Gasteiger partial charge in [0.1, 0.15) is 5.75 Å². The van der Waals surface area contributed by atoms with Gasteiger partial charge in [0.2, 0.25) is 0 Å². The van der Waals surface area contributed by atoms with Crippen molar-refractivity contribution in [2.45, 2.75) is 38.1 Å². The smallest absolute Gasteiger partial charge is 0.171 e. The number of thiocarbonyl (C=S) groups is 1. The molecule has 0 saturated heterocycles. The highest BCUT2D eigenvalue weighted by Crippen LogP contribution is 2.39. The van der Waals surface area contributed by atoms with Gasteiger partial charge in [-0.1, -0.05) is 36.6 Å². The quantitative estimate of drug-likeness (QED) is 0.677. The lowest BCUT2D eigenvalue weighted by Gasteiger charge is -2.32. The third kappa shape index (κ3) is 4.44. The van der Waals surface area contributed by atoms with E-state index in [1.54, 1.807) is 0 Å². The van der Waals surface area contributed by atoms with Crippen molar-refractivity contribution in [2.75, 3.05) is 11.9 Å². The van der Waals surface area contributed by atoms with Crippen molar-refractivity contribution >= 4 is 34.6 Å². The fourth-order valence-corrected chi connectivity index (χ4v) is 3.85. The van der Waals surface area contributed by atoms with Crippen LogP contribution in [0.5, 0.6) is 5.75 Å². The zero-order valence-electron chi connectivity index (χ0n) is 14.3. The molecule has 1 aliphatic rings. The number of benzene rings is 2. The van der Waals surface area contributed by atoms with Gasteiger partial charge in [0.05, 0.1) is 12.1 Å². The molecule has 0 atom stereocenters. The Bertz CT molecular complexity index is 709. The predicted octanol–water partition coefficient (Wildman–Crippen LogP) is 5.49. The molecular weight excluding hydrogens is 352 g/mol. The summed E-state index contributed by atoms with van der Waals surface area (Å²) >= 11 is 11.5. The summed E-state index contributed by atoms with van der Waals surface area (Å²) in [5.41, 5.74) is 2.08. The van der Waals surface area contributed by atoms with Crippen LogP contribution in [0.15, 0.2) is 48.5 Å². The van der Waals surface area contributed by atoms with Crippen LogP contribution in [0, 0.1) is 0 Å². The summed E-state index contributed by atoms with van der Waals surface area (Å²) in [4.78, 5) is 0. The van der Waals surface area contributed by atoms with Crippen LogP contribution >= 0.6 is 23.8 Å². The van der Waals surface area contributed by atoms with Crippen molar-refractivity contribution in [2.24, 2.45) is 0 Å². The number of nitrogens with one attached hydrogen (secondary N) is 2. The molecule has 0 aliphatic heterocycles. The van der Waals surface area contributed by atoms with Crippen LogP contribution in [-0.2, 0) is 5.54 Å². The summed E-state index contributed by atoms with van der Waals surface area (Å²) in [6.07, 6.45) is 4.54. The van der Waals surface area contributed by atoms with E-state index in [4.69, 9.17) is 28.6 Å². The Morgan fingerprint density at radius 2 is 1.72 bits per heavy atom. The summed E-state index contributed by atoms with van der Waals surface area (Å²) < 4.78 is 5.56. The molecule has 0 amide bonds. The third-order valence-corrected chi connectivity index (χ3v) is 5.09. The van der Waals surface area contributed by atoms with E-state index < -0.39 is 0 Å². The summed E-state index contributed by atoms with van der Waals surface area (Å²) in [6, 6.07) is 15.9. The van der Waals surface area contributed by atoms with Gasteiger partial charge in [-0.2, -0.15) is 0 Å². The third-order valence-electron chi connectivity index (χ3n) is 4.63. The van der Waals surface area contributed by atoms with Gasteiger partial charge in [0.15, 0.2) is 5.11 Å². The van der Waals surface area contributed by atoms with Crippen LogP contribution in [-0.4, -0.2) is 11.7 Å². The average Bonchev–Trinajstić information content (AvgIpc) is 3.07. The van der Waals surface area contributed by atoms with E-state index in [-0.39, 0.29) is 5.54 Å². The van der Waals surface area contributed by atoms with Crippen LogP contribution in [0.25, 0.3) is 0 Å². The largest absolute Gasteiger partial charge is 0.494 e. The van der Waals surface area contributed by atoms with Gasteiger partial charge in [-0.25, -0.2) is 0 Å². The highest BCUT2D eigenvalue weighted by atomic mass is 35.5. The van der Waals surface area contributed by atoms with Crippen molar-refractivity contribution < 1.29 is 4.74 Å². The standard InChI is InChI=1S/C20H23ClN2OS/c1-2-24-18-11-5-15(6-12-18)20(13-3-4-14-20)23-19(25)22-17-9-7-16(21)8-10-17/h5-12H,2-4,13-14H2,1H3,(H2,22,23,25). The maximum absolute atomic E-state index is 5.94. The minimum absolute atomic E-state index is 0.110. The Labute approximate surface area is 159 Å². The summed E-state index contributed by atoms with van der Waals surface area (Å²) in [6.45, 7) is 2.67. The van der Waals surface area contributed by atoms with E-state index in [9.17, 15) is 0 Å². The van der Waals surface area contributed by atoms with Crippen molar-refractivity contribution in [1.82, 2.24) is 5.32 Å². The summed E-state index contributed by atoms with van der Waals surface area (Å²) in [5, 5.41) is 8.18. The Morgan fingerprint density at radius 1 is 1.08 bits per heavy atom. The van der Waals surface area contributed by atoms with Crippen molar-refractivity contribution in [3.63, 3.8) is 0 Å². The van der Waals surface area contributed by atoms with E-state index in [0.717, 1.165) is 24.3 Å². The first-order valence-electron chi connectivity index (χ1n) is 8.69. The molecule has 0 radical (unpaired) electrons. The van der Waals surface area contributed by atoms with Gasteiger partial charge < -0.3 is 15.4 Å². The molecule has 3 rings (SSSR count). The van der Waals surface area contributed by atoms with Gasteiger partial charge in [-0.15, -0.1) is 0 Å². The minimum atomic E-state index is -0.110. The SMILES string of the molecule is CCOc1ccc(C2(NC(=S)Nc3ccc(Cl)cc3)CCCC2)cc1. The average molecular weight is 375 g/mol. The lowest BCUT2D eigenvalue weighted by atomic mass is 9.88. The number of hydrogen-bond donors (Lipinski definition) is 2. The van der Waals surface area contributed by atoms with Crippen LogP contribution < -0.4 is 15.4 Å². The number of halogens is 1. The van der Waals surface area contributed by atoms with Crippen LogP contribution in [0.1, 0.15) is 38.2 Å². The molecule has 0 spiro atoms. The van der Waals surface area contributed by atoms with Gasteiger partial charge in [0, 0.05) is 10.7 Å². The maximum atomic E-state index is 5.94. The second kappa shape index (κ2) is 8.07. The minimum Gasteiger partial charge on any atom is -0.494 e. The first-order chi connectivity index (χ1) is 12.1. The molecule has 0 bridgehead atoms. The molecule has 132 valence electrons. The first kappa shape index (κ1) is 18.0. The fourth-order valence-electron chi connectivity index (χ4n) is 3.41. The Hall–Kier alpha value is -1.78. The number of hydrogen-bond acceptors (Lipinski definition) is 2. The van der Waals surface area contributed by atoms with Crippen LogP contribution in [0.3, 0.4) is 0 Å². The normalized spacial score (nSPS) is 15.6. The van der Waals surface area contributed by atoms with E-state index in [1.807, 2.05) is 43.3 Å². The molecule has 2 N–H and O–H groups in total. The highest BCUT2D eigenvalue weighted by Gasteiger charge is 2.36. The number of ether oxygens (including phenoxy) is 1. The zero-order valence-corrected chi connectivity index (χ0v) is 15.9. The molecule has 2 aromatic carbocycles. The number of rotatable bonds is 5. The van der Waals surface area contributed by atoms with Gasteiger partial charge in [-0.05, 0) is 73.9 Å². The van der Waals surface area contributed by atoms with Crippen molar-refractivity contribution in [3.8, 4) is 5.75 Å². The maximum Gasteiger partial charge on any atom is 0.171 e. The molecule has 0 heterocycles. The molecule has 25 heavy (non-hydrogen) atoms. The van der Waals surface area contributed by atoms with Gasteiger partial charge >= 0.3 is 0 Å². The Kier molecular flexibility index (Phi) is 5.82. The molecule has 5 heteroatoms. The monoisotopic (exact) mass is 374 g/mol. The molecule has 3 nitrogen and oxygen atoms in total.